The number of benzene rings is 2. The van der Waals surface area contributed by atoms with Gasteiger partial charge < -0.3 is 25.2 Å². The number of nitrogens with one attached hydrogen (secondary N) is 2. The zero-order valence-electron chi connectivity index (χ0n) is 19.1. The van der Waals surface area contributed by atoms with Gasteiger partial charge in [0.2, 0.25) is 11.8 Å². The highest BCUT2D eigenvalue weighted by atomic mass is 16.5. The van der Waals surface area contributed by atoms with Gasteiger partial charge in [-0.2, -0.15) is 4.98 Å². The number of nitrogens with zero attached hydrogens (tertiary/aromatic N) is 1. The summed E-state index contributed by atoms with van der Waals surface area (Å²) in [6.45, 7) is 0.0740. The molecule has 0 aliphatic heterocycles. The molecule has 3 N–H and O–H groups in total. The second-order valence-corrected chi connectivity index (χ2v) is 8.01. The quantitative estimate of drug-likeness (QED) is 0.430. The lowest BCUT2D eigenvalue weighted by atomic mass is 9.98. The van der Waals surface area contributed by atoms with Crippen molar-refractivity contribution in [2.45, 2.75) is 24.8 Å². The highest BCUT2D eigenvalue weighted by Crippen LogP contribution is 2.44. The Morgan fingerprint density at radius 1 is 0.971 bits per heavy atom. The third-order valence-electron chi connectivity index (χ3n) is 5.78. The number of amides is 2. The molecule has 2 aromatic carbocycles. The molecule has 1 heterocycles. The van der Waals surface area contributed by atoms with Crippen molar-refractivity contribution in [2.75, 3.05) is 19.0 Å². The number of aliphatic carboxylic acids is 1. The molecule has 0 saturated carbocycles. The predicted octanol–water partition coefficient (Wildman–Crippen LogP) is 3.80. The number of carboxylic acid groups (broad SMARTS) is 1. The second-order valence-electron chi connectivity index (χ2n) is 8.01. The Hall–Kier alpha value is -4.40. The first-order valence-corrected chi connectivity index (χ1v) is 11.1. The zero-order valence-corrected chi connectivity index (χ0v) is 19.1. The molecule has 180 valence electrons. The van der Waals surface area contributed by atoms with E-state index in [9.17, 15) is 14.4 Å². The SMILES string of the molecule is COc1cccc(NC(=O)C(CCC(=O)O)NC(=O)OCC2c3ccccc3-c3ccccc32)n1. The van der Waals surface area contributed by atoms with Crippen molar-refractivity contribution in [1.82, 2.24) is 10.3 Å². The molecule has 1 aliphatic carbocycles. The minimum atomic E-state index is -1.13. The Bertz CT molecular complexity index is 1200. The molecule has 9 nitrogen and oxygen atoms in total. The van der Waals surface area contributed by atoms with Crippen LogP contribution in [0.4, 0.5) is 10.6 Å². The van der Waals surface area contributed by atoms with Crippen LogP contribution < -0.4 is 15.4 Å². The van der Waals surface area contributed by atoms with E-state index in [1.54, 1.807) is 18.2 Å². The van der Waals surface area contributed by atoms with Crippen molar-refractivity contribution in [3.63, 3.8) is 0 Å². The number of anilines is 1. The predicted molar refractivity (Wildman–Crippen MR) is 128 cm³/mol. The van der Waals surface area contributed by atoms with Crippen molar-refractivity contribution < 1.29 is 29.0 Å². The third kappa shape index (κ3) is 5.57. The Morgan fingerprint density at radius 3 is 2.26 bits per heavy atom. The van der Waals surface area contributed by atoms with Crippen molar-refractivity contribution in [3.05, 3.63) is 77.9 Å². The van der Waals surface area contributed by atoms with E-state index in [0.717, 1.165) is 22.3 Å². The van der Waals surface area contributed by atoms with Crippen LogP contribution in [-0.2, 0) is 14.3 Å². The number of hydrogen-bond donors (Lipinski definition) is 3. The summed E-state index contributed by atoms with van der Waals surface area (Å²) in [6, 6.07) is 19.6. The molecule has 2 amide bonds. The number of alkyl carbamates (subject to hydrolysis) is 1. The summed E-state index contributed by atoms with van der Waals surface area (Å²) in [5.41, 5.74) is 4.32. The minimum Gasteiger partial charge on any atom is -0.481 e. The fourth-order valence-electron chi connectivity index (χ4n) is 4.13. The van der Waals surface area contributed by atoms with Crippen LogP contribution in [-0.4, -0.2) is 47.8 Å². The van der Waals surface area contributed by atoms with Gasteiger partial charge in [0.25, 0.3) is 0 Å². The molecule has 0 spiro atoms. The summed E-state index contributed by atoms with van der Waals surface area (Å²) in [5.74, 6) is -1.32. The van der Waals surface area contributed by atoms with Gasteiger partial charge in [0.15, 0.2) is 0 Å². The summed E-state index contributed by atoms with van der Waals surface area (Å²) in [7, 11) is 1.45. The molecule has 1 aliphatic rings. The molecule has 0 radical (unpaired) electrons. The van der Waals surface area contributed by atoms with Gasteiger partial charge in [-0.05, 0) is 34.7 Å². The Balaban J connectivity index is 1.42. The van der Waals surface area contributed by atoms with Crippen LogP contribution in [0.15, 0.2) is 66.7 Å². The van der Waals surface area contributed by atoms with Gasteiger partial charge in [-0.15, -0.1) is 0 Å². The number of carbonyl (C=O) groups is 3. The average molecular weight is 476 g/mol. The van der Waals surface area contributed by atoms with E-state index in [-0.39, 0.29) is 31.2 Å². The van der Waals surface area contributed by atoms with Crippen LogP contribution in [0.3, 0.4) is 0 Å². The van der Waals surface area contributed by atoms with Gasteiger partial charge in [-0.25, -0.2) is 4.79 Å². The zero-order chi connectivity index (χ0) is 24.8. The molecule has 1 aromatic heterocycles. The first-order valence-electron chi connectivity index (χ1n) is 11.1. The normalized spacial score (nSPS) is 12.7. The van der Waals surface area contributed by atoms with Crippen LogP contribution in [0.25, 0.3) is 11.1 Å². The fraction of sp³-hybridized carbons (Fsp3) is 0.231. The highest BCUT2D eigenvalue weighted by Gasteiger charge is 2.30. The number of aromatic nitrogens is 1. The molecular weight excluding hydrogens is 450 g/mol. The number of carbonyl (C=O) groups excluding carboxylic acids is 2. The maximum atomic E-state index is 12.8. The molecule has 9 heteroatoms. The van der Waals surface area contributed by atoms with E-state index in [1.807, 2.05) is 48.5 Å². The molecule has 0 fully saturated rings. The van der Waals surface area contributed by atoms with Crippen LogP contribution >= 0.6 is 0 Å². The molecular formula is C26H25N3O6. The largest absolute Gasteiger partial charge is 0.481 e. The monoisotopic (exact) mass is 475 g/mol. The lowest BCUT2D eigenvalue weighted by Crippen LogP contribution is -2.44. The Labute approximate surface area is 202 Å². The summed E-state index contributed by atoms with van der Waals surface area (Å²) in [6.07, 6.45) is -1.24. The van der Waals surface area contributed by atoms with E-state index in [0.29, 0.717) is 5.88 Å². The molecule has 1 unspecified atom stereocenters. The summed E-state index contributed by atoms with van der Waals surface area (Å²) in [4.78, 5) is 40.6. The topological polar surface area (TPSA) is 127 Å². The van der Waals surface area contributed by atoms with Crippen LogP contribution in [0, 0.1) is 0 Å². The summed E-state index contributed by atoms with van der Waals surface area (Å²) < 4.78 is 10.5. The molecule has 4 rings (SSSR count). The van der Waals surface area contributed by atoms with Gasteiger partial charge in [0.1, 0.15) is 18.5 Å². The molecule has 35 heavy (non-hydrogen) atoms. The Morgan fingerprint density at radius 2 is 1.63 bits per heavy atom. The first-order chi connectivity index (χ1) is 17.0. The standard InChI is InChI=1S/C26H25N3O6/c1-34-23-12-6-11-22(28-23)29-25(32)21(13-14-24(30)31)27-26(33)35-15-20-18-9-4-2-7-16(18)17-8-3-5-10-19(17)20/h2-12,20-21H,13-15H2,1H3,(H,27,33)(H,30,31)(H,28,29,32). The van der Waals surface area contributed by atoms with Crippen LogP contribution in [0.1, 0.15) is 29.9 Å². The van der Waals surface area contributed by atoms with Crippen molar-refractivity contribution in [2.24, 2.45) is 0 Å². The smallest absolute Gasteiger partial charge is 0.407 e. The van der Waals surface area contributed by atoms with Gasteiger partial charge in [0, 0.05) is 18.4 Å². The number of pyridine rings is 1. The van der Waals surface area contributed by atoms with Crippen LogP contribution in [0.2, 0.25) is 0 Å². The molecule has 3 aromatic rings. The van der Waals surface area contributed by atoms with Crippen molar-refractivity contribution >= 4 is 23.8 Å². The molecule has 0 bridgehead atoms. The van der Waals surface area contributed by atoms with E-state index in [1.165, 1.54) is 7.11 Å². The first kappa shape index (κ1) is 23.7. The van der Waals surface area contributed by atoms with Gasteiger partial charge in [-0.3, -0.25) is 9.59 Å². The van der Waals surface area contributed by atoms with E-state index >= 15 is 0 Å². The second kappa shape index (κ2) is 10.7. The fourth-order valence-corrected chi connectivity index (χ4v) is 4.13. The van der Waals surface area contributed by atoms with Crippen molar-refractivity contribution in [1.29, 1.82) is 0 Å². The van der Waals surface area contributed by atoms with E-state index < -0.39 is 24.0 Å². The Kier molecular flexibility index (Phi) is 7.25. The van der Waals surface area contributed by atoms with E-state index in [2.05, 4.69) is 15.6 Å². The van der Waals surface area contributed by atoms with Gasteiger partial charge >= 0.3 is 12.1 Å². The summed E-state index contributed by atoms with van der Waals surface area (Å²) >= 11 is 0. The van der Waals surface area contributed by atoms with Gasteiger partial charge in [0.05, 0.1) is 7.11 Å². The van der Waals surface area contributed by atoms with Gasteiger partial charge in [-0.1, -0.05) is 54.6 Å². The lowest BCUT2D eigenvalue weighted by molar-refractivity contribution is -0.137. The molecule has 0 saturated heterocycles. The maximum absolute atomic E-state index is 12.8. The number of rotatable bonds is 9. The maximum Gasteiger partial charge on any atom is 0.407 e. The minimum absolute atomic E-state index is 0.0740. The number of ether oxygens (including phenoxy) is 2. The number of methoxy groups -OCH3 is 1. The molecule has 1 atom stereocenters. The average Bonchev–Trinajstić information content (AvgIpc) is 3.19. The van der Waals surface area contributed by atoms with E-state index in [4.69, 9.17) is 14.6 Å². The number of fused-ring (bicyclic) bond motifs is 3. The van der Waals surface area contributed by atoms with Crippen molar-refractivity contribution in [3.8, 4) is 17.0 Å². The third-order valence-corrected chi connectivity index (χ3v) is 5.78. The number of carboxylic acids is 1. The lowest BCUT2D eigenvalue weighted by Gasteiger charge is -2.19. The highest BCUT2D eigenvalue weighted by molar-refractivity contribution is 5.96. The summed E-state index contributed by atoms with van der Waals surface area (Å²) in [5, 5.41) is 14.1. The van der Waals surface area contributed by atoms with Crippen LogP contribution in [0.5, 0.6) is 5.88 Å². The number of hydrogen-bond acceptors (Lipinski definition) is 6.